The molecule has 1 N–H and O–H groups in total. The number of carboxylic acids is 1. The molecule has 0 heterocycles. The van der Waals surface area contributed by atoms with Gasteiger partial charge in [0.15, 0.2) is 0 Å². The molecule has 0 aromatic heterocycles. The van der Waals surface area contributed by atoms with Crippen molar-refractivity contribution in [1.29, 1.82) is 0 Å². The van der Waals surface area contributed by atoms with Gasteiger partial charge in [0, 0.05) is 10.6 Å². The van der Waals surface area contributed by atoms with Crippen molar-refractivity contribution in [3.63, 3.8) is 0 Å². The van der Waals surface area contributed by atoms with Crippen LogP contribution in [0.25, 0.3) is 0 Å². The van der Waals surface area contributed by atoms with E-state index in [1.165, 1.54) is 0 Å². The highest BCUT2D eigenvalue weighted by molar-refractivity contribution is 6.39. The molecule has 0 saturated carbocycles. The minimum atomic E-state index is -1.38. The van der Waals surface area contributed by atoms with Crippen LogP contribution >= 0.6 is 11.6 Å². The highest BCUT2D eigenvalue weighted by atomic mass is 35.5. The minimum absolute atomic E-state index is 0.186. The summed E-state index contributed by atoms with van der Waals surface area (Å²) < 4.78 is 0. The summed E-state index contributed by atoms with van der Waals surface area (Å²) in [5.74, 6) is -1.99. The largest absolute Gasteiger partial charge is 0.475 e. The second-order valence-corrected chi connectivity index (χ2v) is 4.49. The Hall–Kier alpha value is -1.61. The van der Waals surface area contributed by atoms with Crippen LogP contribution in [0.15, 0.2) is 35.9 Å². The number of allylic oxidation sites excluding steroid dienone is 1. The Morgan fingerprint density at radius 1 is 1.24 bits per heavy atom. The molecule has 1 aliphatic rings. The summed E-state index contributed by atoms with van der Waals surface area (Å²) in [4.78, 5) is 21.9. The summed E-state index contributed by atoms with van der Waals surface area (Å²) in [6.45, 7) is 0. The number of rotatable bonds is 3. The zero-order chi connectivity index (χ0) is 12.4. The van der Waals surface area contributed by atoms with E-state index in [0.717, 1.165) is 5.56 Å². The first-order valence-electron chi connectivity index (χ1n) is 5.30. The number of carboxylic acid groups (broad SMARTS) is 1. The molecular weight excluding hydrogens is 240 g/mol. The summed E-state index contributed by atoms with van der Waals surface area (Å²) in [7, 11) is 0. The Morgan fingerprint density at radius 2 is 1.88 bits per heavy atom. The molecule has 88 valence electrons. The van der Waals surface area contributed by atoms with E-state index >= 15 is 0 Å². The molecule has 1 aliphatic carbocycles. The predicted molar refractivity (Wildman–Crippen MR) is 64.2 cm³/mol. The van der Waals surface area contributed by atoms with Crippen LogP contribution in [0.4, 0.5) is 0 Å². The van der Waals surface area contributed by atoms with Gasteiger partial charge in [0.1, 0.15) is 0 Å². The van der Waals surface area contributed by atoms with E-state index in [2.05, 4.69) is 0 Å². The molecule has 0 spiro atoms. The van der Waals surface area contributed by atoms with Gasteiger partial charge in [-0.05, 0) is 36.5 Å². The number of aliphatic carboxylic acids is 1. The van der Waals surface area contributed by atoms with Crippen LogP contribution in [0.3, 0.4) is 0 Å². The van der Waals surface area contributed by atoms with Crippen molar-refractivity contribution >= 4 is 23.4 Å². The maximum absolute atomic E-state index is 11.3. The second kappa shape index (κ2) is 4.72. The molecular formula is C13H11ClO3. The van der Waals surface area contributed by atoms with E-state index < -0.39 is 11.8 Å². The monoisotopic (exact) mass is 250 g/mol. The van der Waals surface area contributed by atoms with Gasteiger partial charge in [0.2, 0.25) is 0 Å². The number of carbonyl (C=O) groups is 2. The van der Waals surface area contributed by atoms with Crippen molar-refractivity contribution < 1.29 is 14.7 Å². The summed E-state index contributed by atoms with van der Waals surface area (Å²) in [5.41, 5.74) is 1.48. The van der Waals surface area contributed by atoms with Gasteiger partial charge in [-0.2, -0.15) is 0 Å². The van der Waals surface area contributed by atoms with Crippen molar-refractivity contribution in [2.24, 2.45) is 0 Å². The van der Waals surface area contributed by atoms with E-state index in [-0.39, 0.29) is 5.92 Å². The van der Waals surface area contributed by atoms with Crippen LogP contribution in [-0.2, 0) is 9.59 Å². The zero-order valence-electron chi connectivity index (χ0n) is 9.02. The maximum Gasteiger partial charge on any atom is 0.376 e. The summed E-state index contributed by atoms with van der Waals surface area (Å²) in [6, 6.07) is 7.42. The maximum atomic E-state index is 11.3. The van der Waals surface area contributed by atoms with Crippen LogP contribution < -0.4 is 0 Å². The van der Waals surface area contributed by atoms with Gasteiger partial charge in [-0.1, -0.05) is 29.8 Å². The van der Waals surface area contributed by atoms with Gasteiger partial charge in [-0.25, -0.2) is 4.79 Å². The minimum Gasteiger partial charge on any atom is -0.475 e. The first-order valence-corrected chi connectivity index (χ1v) is 5.68. The fraction of sp³-hybridized carbons (Fsp3) is 0.231. The van der Waals surface area contributed by atoms with Gasteiger partial charge >= 0.3 is 5.97 Å². The van der Waals surface area contributed by atoms with Gasteiger partial charge in [0.05, 0.1) is 0 Å². The third kappa shape index (κ3) is 2.56. The zero-order valence-corrected chi connectivity index (χ0v) is 9.78. The molecule has 0 bridgehead atoms. The molecule has 1 atom stereocenters. The molecule has 1 aromatic rings. The Labute approximate surface area is 104 Å². The molecule has 0 aliphatic heterocycles. The lowest BCUT2D eigenvalue weighted by atomic mass is 9.95. The van der Waals surface area contributed by atoms with Crippen molar-refractivity contribution in [3.8, 4) is 0 Å². The Morgan fingerprint density at radius 3 is 2.47 bits per heavy atom. The molecule has 0 amide bonds. The lowest BCUT2D eigenvalue weighted by Gasteiger charge is -2.09. The normalized spacial score (nSPS) is 18.9. The molecule has 3 nitrogen and oxygen atoms in total. The van der Waals surface area contributed by atoms with Crippen LogP contribution in [0.1, 0.15) is 24.3 Å². The number of hydrogen-bond acceptors (Lipinski definition) is 2. The van der Waals surface area contributed by atoms with Crippen molar-refractivity contribution in [2.75, 3.05) is 0 Å². The predicted octanol–water partition coefficient (Wildman–Crippen LogP) is 2.80. The number of Topliss-reactive ketones (excluding diaryl/α,β-unsaturated/α-hetero) is 1. The van der Waals surface area contributed by atoms with E-state index in [1.54, 1.807) is 18.2 Å². The SMILES string of the molecule is O=C(O)C(=O)C1=CCC(c2ccc(Cl)cc2)C1. The third-order valence-electron chi connectivity index (χ3n) is 2.94. The first-order chi connectivity index (χ1) is 8.08. The fourth-order valence-corrected chi connectivity index (χ4v) is 2.15. The number of carbonyl (C=O) groups excluding carboxylic acids is 1. The average Bonchev–Trinajstić information content (AvgIpc) is 2.78. The number of ketones is 1. The standard InChI is InChI=1S/C13H11ClO3/c14-11-5-3-8(4-6-11)9-1-2-10(7-9)12(15)13(16)17/h2-6,9H,1,7H2,(H,16,17). The second-order valence-electron chi connectivity index (χ2n) is 4.05. The van der Waals surface area contributed by atoms with Crippen molar-refractivity contribution in [1.82, 2.24) is 0 Å². The topological polar surface area (TPSA) is 54.4 Å². The fourth-order valence-electron chi connectivity index (χ4n) is 2.03. The van der Waals surface area contributed by atoms with E-state index in [0.29, 0.717) is 23.4 Å². The van der Waals surface area contributed by atoms with Crippen molar-refractivity contribution in [3.05, 3.63) is 46.5 Å². The molecule has 0 saturated heterocycles. The van der Waals surface area contributed by atoms with Gasteiger partial charge in [-0.15, -0.1) is 0 Å². The molecule has 2 rings (SSSR count). The molecule has 0 radical (unpaired) electrons. The number of hydrogen-bond donors (Lipinski definition) is 1. The quantitative estimate of drug-likeness (QED) is 0.840. The molecule has 4 heteroatoms. The molecule has 1 unspecified atom stereocenters. The highest BCUT2D eigenvalue weighted by Gasteiger charge is 2.26. The Kier molecular flexibility index (Phi) is 3.29. The molecule has 17 heavy (non-hydrogen) atoms. The van der Waals surface area contributed by atoms with Crippen LogP contribution in [0.5, 0.6) is 0 Å². The molecule has 1 aromatic carbocycles. The smallest absolute Gasteiger partial charge is 0.376 e. The summed E-state index contributed by atoms with van der Waals surface area (Å²) in [5, 5.41) is 9.30. The lowest BCUT2D eigenvalue weighted by molar-refractivity contribution is -0.147. The highest BCUT2D eigenvalue weighted by Crippen LogP contribution is 2.34. The summed E-state index contributed by atoms with van der Waals surface area (Å²) in [6.07, 6.45) is 2.92. The average molecular weight is 251 g/mol. The third-order valence-corrected chi connectivity index (χ3v) is 3.19. The van der Waals surface area contributed by atoms with Gasteiger partial charge < -0.3 is 5.11 Å². The Balaban J connectivity index is 2.08. The lowest BCUT2D eigenvalue weighted by Crippen LogP contribution is -2.14. The number of benzene rings is 1. The summed E-state index contributed by atoms with van der Waals surface area (Å²) >= 11 is 5.79. The van der Waals surface area contributed by atoms with E-state index in [4.69, 9.17) is 16.7 Å². The van der Waals surface area contributed by atoms with Crippen LogP contribution in [0.2, 0.25) is 5.02 Å². The van der Waals surface area contributed by atoms with Gasteiger partial charge in [-0.3, -0.25) is 4.79 Å². The first kappa shape index (κ1) is 11.9. The van der Waals surface area contributed by atoms with E-state index in [1.807, 2.05) is 12.1 Å². The Bertz CT molecular complexity index is 488. The molecule has 0 fully saturated rings. The van der Waals surface area contributed by atoms with Gasteiger partial charge in [0.25, 0.3) is 5.78 Å². The van der Waals surface area contributed by atoms with Crippen LogP contribution in [0, 0.1) is 0 Å². The van der Waals surface area contributed by atoms with Crippen LogP contribution in [-0.4, -0.2) is 16.9 Å². The van der Waals surface area contributed by atoms with Crippen molar-refractivity contribution in [2.45, 2.75) is 18.8 Å². The number of halogens is 1. The van der Waals surface area contributed by atoms with E-state index in [9.17, 15) is 9.59 Å².